The first-order chi connectivity index (χ1) is 7.68. The monoisotopic (exact) mass is 228 g/mol. The third-order valence-corrected chi connectivity index (χ3v) is 3.20. The molecule has 1 fully saturated rings. The highest BCUT2D eigenvalue weighted by atomic mass is 16.4. The molecular weight excluding hydrogens is 204 g/mol. The largest absolute Gasteiger partial charge is 0.481 e. The fraction of sp³-hybridized carbons (Fsp3) is 0.917. The average molecular weight is 228 g/mol. The van der Waals surface area contributed by atoms with Crippen molar-refractivity contribution in [2.75, 3.05) is 33.2 Å². The van der Waals surface area contributed by atoms with Crippen molar-refractivity contribution in [2.24, 2.45) is 5.92 Å². The lowest BCUT2D eigenvalue weighted by molar-refractivity contribution is -0.137. The first kappa shape index (κ1) is 13.5. The van der Waals surface area contributed by atoms with Crippen LogP contribution in [0.4, 0.5) is 0 Å². The predicted octanol–water partition coefficient (Wildman–Crippen LogP) is 1.17. The number of piperidine rings is 1. The quantitative estimate of drug-likeness (QED) is 0.642. The number of aliphatic carboxylic acids is 1. The molecule has 0 saturated carbocycles. The van der Waals surface area contributed by atoms with Crippen molar-refractivity contribution >= 4 is 5.97 Å². The van der Waals surface area contributed by atoms with Crippen molar-refractivity contribution in [1.82, 2.24) is 10.2 Å². The number of nitrogens with zero attached hydrogens (tertiary/aromatic N) is 1. The van der Waals surface area contributed by atoms with E-state index in [0.717, 1.165) is 25.4 Å². The SMILES string of the molecule is CN1CCCC(CCNCCCC(=O)O)C1. The van der Waals surface area contributed by atoms with E-state index in [1.165, 1.54) is 32.4 Å². The predicted molar refractivity (Wildman–Crippen MR) is 64.6 cm³/mol. The van der Waals surface area contributed by atoms with Gasteiger partial charge in [-0.1, -0.05) is 0 Å². The van der Waals surface area contributed by atoms with E-state index >= 15 is 0 Å². The number of rotatable bonds is 7. The zero-order valence-corrected chi connectivity index (χ0v) is 10.2. The summed E-state index contributed by atoms with van der Waals surface area (Å²) in [5.74, 6) is 0.126. The molecule has 0 aromatic rings. The summed E-state index contributed by atoms with van der Waals surface area (Å²) in [4.78, 5) is 12.7. The standard InChI is InChI=1S/C12H24N2O2/c1-14-9-3-4-11(10-14)6-8-13-7-2-5-12(15)16/h11,13H,2-10H2,1H3,(H,15,16). The van der Waals surface area contributed by atoms with Crippen LogP contribution < -0.4 is 5.32 Å². The van der Waals surface area contributed by atoms with Gasteiger partial charge in [0.2, 0.25) is 0 Å². The topological polar surface area (TPSA) is 52.6 Å². The van der Waals surface area contributed by atoms with Gasteiger partial charge in [-0.3, -0.25) is 4.79 Å². The van der Waals surface area contributed by atoms with Crippen LogP contribution in [0.2, 0.25) is 0 Å². The van der Waals surface area contributed by atoms with Gasteiger partial charge in [0.1, 0.15) is 0 Å². The molecule has 2 N–H and O–H groups in total. The van der Waals surface area contributed by atoms with Gasteiger partial charge in [-0.25, -0.2) is 0 Å². The zero-order chi connectivity index (χ0) is 11.8. The smallest absolute Gasteiger partial charge is 0.303 e. The molecule has 1 aliphatic heterocycles. The summed E-state index contributed by atoms with van der Waals surface area (Å²) in [6.07, 6.45) is 4.90. The third-order valence-electron chi connectivity index (χ3n) is 3.20. The Labute approximate surface area is 98.0 Å². The highest BCUT2D eigenvalue weighted by molar-refractivity contribution is 5.66. The Morgan fingerprint density at radius 1 is 1.50 bits per heavy atom. The first-order valence-electron chi connectivity index (χ1n) is 6.29. The lowest BCUT2D eigenvalue weighted by Crippen LogP contribution is -2.33. The van der Waals surface area contributed by atoms with Gasteiger partial charge < -0.3 is 15.3 Å². The maximum Gasteiger partial charge on any atom is 0.303 e. The maximum absolute atomic E-state index is 10.3. The third kappa shape index (κ3) is 6.08. The van der Waals surface area contributed by atoms with E-state index in [1.807, 2.05) is 0 Å². The molecule has 0 spiro atoms. The van der Waals surface area contributed by atoms with E-state index in [9.17, 15) is 4.79 Å². The van der Waals surface area contributed by atoms with E-state index in [-0.39, 0.29) is 6.42 Å². The van der Waals surface area contributed by atoms with E-state index < -0.39 is 5.97 Å². The molecule has 94 valence electrons. The van der Waals surface area contributed by atoms with Gasteiger partial charge in [0.05, 0.1) is 0 Å². The Kier molecular flexibility index (Phi) is 6.42. The van der Waals surface area contributed by atoms with Crippen LogP contribution in [0.15, 0.2) is 0 Å². The summed E-state index contributed by atoms with van der Waals surface area (Å²) in [5, 5.41) is 11.8. The number of hydrogen-bond acceptors (Lipinski definition) is 3. The second-order valence-corrected chi connectivity index (χ2v) is 4.81. The van der Waals surface area contributed by atoms with E-state index in [2.05, 4.69) is 17.3 Å². The number of likely N-dealkylation sites (tertiary alicyclic amines) is 1. The molecule has 0 bridgehead atoms. The molecule has 1 heterocycles. The van der Waals surface area contributed by atoms with Gasteiger partial charge in [0, 0.05) is 13.0 Å². The van der Waals surface area contributed by atoms with Gasteiger partial charge in [-0.2, -0.15) is 0 Å². The second-order valence-electron chi connectivity index (χ2n) is 4.81. The molecule has 4 heteroatoms. The van der Waals surface area contributed by atoms with Crippen LogP contribution in [0, 0.1) is 5.92 Å². The summed E-state index contributed by atoms with van der Waals surface area (Å²) in [5.41, 5.74) is 0. The molecular formula is C12H24N2O2. The molecule has 1 aliphatic rings. The minimum Gasteiger partial charge on any atom is -0.481 e. The van der Waals surface area contributed by atoms with Crippen LogP contribution in [0.5, 0.6) is 0 Å². The number of hydrogen-bond donors (Lipinski definition) is 2. The van der Waals surface area contributed by atoms with Gasteiger partial charge in [0.15, 0.2) is 0 Å². The highest BCUT2D eigenvalue weighted by Gasteiger charge is 2.16. The maximum atomic E-state index is 10.3. The molecule has 1 atom stereocenters. The normalized spacial score (nSPS) is 22.2. The van der Waals surface area contributed by atoms with Gasteiger partial charge in [-0.05, 0) is 58.3 Å². The van der Waals surface area contributed by atoms with Crippen LogP contribution >= 0.6 is 0 Å². The van der Waals surface area contributed by atoms with Crippen LogP contribution in [-0.4, -0.2) is 49.2 Å². The number of nitrogens with one attached hydrogen (secondary N) is 1. The summed E-state index contributed by atoms with van der Waals surface area (Å²) in [6.45, 7) is 4.31. The lowest BCUT2D eigenvalue weighted by Gasteiger charge is -2.29. The minimum atomic E-state index is -0.698. The fourth-order valence-electron chi connectivity index (χ4n) is 2.30. The van der Waals surface area contributed by atoms with E-state index in [0.29, 0.717) is 0 Å². The number of carbonyl (C=O) groups is 1. The van der Waals surface area contributed by atoms with Crippen LogP contribution in [0.25, 0.3) is 0 Å². The Hall–Kier alpha value is -0.610. The molecule has 4 nitrogen and oxygen atoms in total. The van der Waals surface area contributed by atoms with Gasteiger partial charge in [-0.15, -0.1) is 0 Å². The molecule has 0 aromatic heterocycles. The Balaban J connectivity index is 1.92. The van der Waals surface area contributed by atoms with Gasteiger partial charge in [0.25, 0.3) is 0 Å². The summed E-state index contributed by atoms with van der Waals surface area (Å²) in [6, 6.07) is 0. The zero-order valence-electron chi connectivity index (χ0n) is 10.2. The highest BCUT2D eigenvalue weighted by Crippen LogP contribution is 2.17. The van der Waals surface area contributed by atoms with E-state index in [1.54, 1.807) is 0 Å². The minimum absolute atomic E-state index is 0.277. The van der Waals surface area contributed by atoms with Crippen LogP contribution in [0.3, 0.4) is 0 Å². The number of carboxylic acids is 1. The molecule has 1 saturated heterocycles. The van der Waals surface area contributed by atoms with Crippen molar-refractivity contribution in [3.8, 4) is 0 Å². The van der Waals surface area contributed by atoms with E-state index in [4.69, 9.17) is 5.11 Å². The van der Waals surface area contributed by atoms with Crippen LogP contribution in [0.1, 0.15) is 32.1 Å². The van der Waals surface area contributed by atoms with Crippen molar-refractivity contribution in [2.45, 2.75) is 32.1 Å². The van der Waals surface area contributed by atoms with Crippen molar-refractivity contribution in [3.63, 3.8) is 0 Å². The summed E-state index contributed by atoms with van der Waals surface area (Å²) < 4.78 is 0. The fourth-order valence-corrected chi connectivity index (χ4v) is 2.30. The lowest BCUT2D eigenvalue weighted by atomic mass is 9.95. The molecule has 0 amide bonds. The molecule has 0 aliphatic carbocycles. The Morgan fingerprint density at radius 2 is 2.31 bits per heavy atom. The van der Waals surface area contributed by atoms with Gasteiger partial charge >= 0.3 is 5.97 Å². The summed E-state index contributed by atoms with van der Waals surface area (Å²) >= 11 is 0. The van der Waals surface area contributed by atoms with Crippen molar-refractivity contribution in [1.29, 1.82) is 0 Å². The Bertz CT molecular complexity index is 209. The molecule has 0 radical (unpaired) electrons. The molecule has 1 rings (SSSR count). The molecule has 1 unspecified atom stereocenters. The number of carboxylic acid groups (broad SMARTS) is 1. The summed E-state index contributed by atoms with van der Waals surface area (Å²) in [7, 11) is 2.19. The molecule has 16 heavy (non-hydrogen) atoms. The first-order valence-corrected chi connectivity index (χ1v) is 6.29. The molecule has 0 aromatic carbocycles. The average Bonchev–Trinajstić information content (AvgIpc) is 2.23. The van der Waals surface area contributed by atoms with Crippen molar-refractivity contribution < 1.29 is 9.90 Å². The second kappa shape index (κ2) is 7.63. The van der Waals surface area contributed by atoms with Crippen LogP contribution in [-0.2, 0) is 4.79 Å². The van der Waals surface area contributed by atoms with Crippen molar-refractivity contribution in [3.05, 3.63) is 0 Å². The Morgan fingerprint density at radius 3 is 3.00 bits per heavy atom.